The molecule has 0 aliphatic heterocycles. The molecule has 122 valence electrons. The number of hydrogen-bond acceptors (Lipinski definition) is 4. The van der Waals surface area contributed by atoms with Crippen LogP contribution >= 0.6 is 11.3 Å². The van der Waals surface area contributed by atoms with Crippen molar-refractivity contribution in [2.75, 3.05) is 25.0 Å². The topological polar surface area (TPSA) is 45.2 Å². The molecule has 0 saturated carbocycles. The number of likely N-dealkylation sites (N-methyl/N-ethyl adjacent to an activating group) is 1. The van der Waals surface area contributed by atoms with E-state index in [9.17, 15) is 4.79 Å². The summed E-state index contributed by atoms with van der Waals surface area (Å²) < 4.78 is 1.13. The molecule has 0 unspecified atom stereocenters. The van der Waals surface area contributed by atoms with Gasteiger partial charge in [-0.1, -0.05) is 30.3 Å². The van der Waals surface area contributed by atoms with Crippen LogP contribution in [0.3, 0.4) is 0 Å². The summed E-state index contributed by atoms with van der Waals surface area (Å²) in [5.41, 5.74) is 2.10. The highest BCUT2D eigenvalue weighted by molar-refractivity contribution is 7.19. The van der Waals surface area contributed by atoms with E-state index in [0.717, 1.165) is 27.5 Å². The van der Waals surface area contributed by atoms with E-state index in [2.05, 4.69) is 27.3 Å². The van der Waals surface area contributed by atoms with Gasteiger partial charge in [-0.2, -0.15) is 0 Å². The molecule has 0 fully saturated rings. The molecule has 24 heavy (non-hydrogen) atoms. The van der Waals surface area contributed by atoms with Crippen LogP contribution in [-0.2, 0) is 4.79 Å². The Morgan fingerprint density at radius 2 is 1.92 bits per heavy atom. The SMILES string of the molecule is CN(CCNC(=O)/C=C/c1nc2ccccc2s1)c1ccccc1. The smallest absolute Gasteiger partial charge is 0.244 e. The molecular formula is C19H19N3OS. The van der Waals surface area contributed by atoms with E-state index in [4.69, 9.17) is 0 Å². The van der Waals surface area contributed by atoms with Crippen molar-refractivity contribution in [1.29, 1.82) is 0 Å². The number of nitrogens with zero attached hydrogens (tertiary/aromatic N) is 2. The van der Waals surface area contributed by atoms with Crippen molar-refractivity contribution >= 4 is 39.2 Å². The first-order valence-corrected chi connectivity index (χ1v) is 8.62. The lowest BCUT2D eigenvalue weighted by molar-refractivity contribution is -0.116. The minimum Gasteiger partial charge on any atom is -0.373 e. The lowest BCUT2D eigenvalue weighted by Gasteiger charge is -2.19. The van der Waals surface area contributed by atoms with Gasteiger partial charge in [-0.25, -0.2) is 4.98 Å². The molecular weight excluding hydrogens is 318 g/mol. The van der Waals surface area contributed by atoms with Gasteiger partial charge >= 0.3 is 0 Å². The molecule has 5 heteroatoms. The molecule has 0 radical (unpaired) electrons. The molecule has 0 aliphatic rings. The Hall–Kier alpha value is -2.66. The lowest BCUT2D eigenvalue weighted by atomic mass is 10.3. The molecule has 0 atom stereocenters. The normalized spacial score (nSPS) is 11.0. The van der Waals surface area contributed by atoms with Crippen molar-refractivity contribution in [3.8, 4) is 0 Å². The number of aromatic nitrogens is 1. The van der Waals surface area contributed by atoms with Crippen molar-refractivity contribution < 1.29 is 4.79 Å². The van der Waals surface area contributed by atoms with Gasteiger partial charge in [0.1, 0.15) is 5.01 Å². The van der Waals surface area contributed by atoms with Crippen molar-refractivity contribution in [1.82, 2.24) is 10.3 Å². The number of para-hydroxylation sites is 2. The van der Waals surface area contributed by atoms with Gasteiger partial charge < -0.3 is 10.2 Å². The Morgan fingerprint density at radius 1 is 1.17 bits per heavy atom. The van der Waals surface area contributed by atoms with Gasteiger partial charge in [0.05, 0.1) is 10.2 Å². The maximum Gasteiger partial charge on any atom is 0.244 e. The summed E-state index contributed by atoms with van der Waals surface area (Å²) in [6.45, 7) is 1.35. The monoisotopic (exact) mass is 337 g/mol. The van der Waals surface area contributed by atoms with E-state index in [1.54, 1.807) is 23.5 Å². The summed E-state index contributed by atoms with van der Waals surface area (Å²) in [6.07, 6.45) is 3.31. The Balaban J connectivity index is 1.48. The first-order valence-electron chi connectivity index (χ1n) is 7.80. The third-order valence-corrected chi connectivity index (χ3v) is 4.63. The third-order valence-electron chi connectivity index (χ3n) is 3.63. The summed E-state index contributed by atoms with van der Waals surface area (Å²) in [7, 11) is 2.01. The fourth-order valence-corrected chi connectivity index (χ4v) is 3.20. The Bertz CT molecular complexity index is 809. The fraction of sp³-hybridized carbons (Fsp3) is 0.158. The summed E-state index contributed by atoms with van der Waals surface area (Å²) in [6, 6.07) is 18.1. The summed E-state index contributed by atoms with van der Waals surface area (Å²) in [5, 5.41) is 3.74. The zero-order valence-corrected chi connectivity index (χ0v) is 14.3. The molecule has 2 aromatic carbocycles. The quantitative estimate of drug-likeness (QED) is 0.700. The molecule has 1 heterocycles. The number of rotatable bonds is 6. The van der Waals surface area contributed by atoms with E-state index in [1.165, 1.54) is 0 Å². The van der Waals surface area contributed by atoms with Crippen molar-refractivity contribution in [3.63, 3.8) is 0 Å². The molecule has 0 saturated heterocycles. The number of anilines is 1. The van der Waals surface area contributed by atoms with Gasteiger partial charge in [0.15, 0.2) is 0 Å². The van der Waals surface area contributed by atoms with Crippen molar-refractivity contribution in [2.45, 2.75) is 0 Å². The van der Waals surface area contributed by atoms with Crippen LogP contribution in [0.2, 0.25) is 0 Å². The summed E-state index contributed by atoms with van der Waals surface area (Å²) in [5.74, 6) is -0.101. The highest BCUT2D eigenvalue weighted by Crippen LogP contribution is 2.22. The van der Waals surface area contributed by atoms with E-state index in [1.807, 2.05) is 49.5 Å². The number of carbonyl (C=O) groups is 1. The van der Waals surface area contributed by atoms with Crippen LogP contribution < -0.4 is 10.2 Å². The number of fused-ring (bicyclic) bond motifs is 1. The number of amides is 1. The van der Waals surface area contributed by atoms with E-state index >= 15 is 0 Å². The average molecular weight is 337 g/mol. The number of hydrogen-bond donors (Lipinski definition) is 1. The second kappa shape index (κ2) is 7.75. The number of nitrogens with one attached hydrogen (secondary N) is 1. The van der Waals surface area contributed by atoms with Crippen molar-refractivity contribution in [2.24, 2.45) is 0 Å². The molecule has 3 rings (SSSR count). The van der Waals surface area contributed by atoms with Crippen LogP contribution in [0.4, 0.5) is 5.69 Å². The zero-order chi connectivity index (χ0) is 16.8. The van der Waals surface area contributed by atoms with Crippen LogP contribution in [0.5, 0.6) is 0 Å². The van der Waals surface area contributed by atoms with Crippen LogP contribution in [-0.4, -0.2) is 31.0 Å². The molecule has 0 spiro atoms. The molecule has 3 aromatic rings. The molecule has 1 aromatic heterocycles. The maximum atomic E-state index is 11.9. The molecule has 0 aliphatic carbocycles. The van der Waals surface area contributed by atoms with Gasteiger partial charge in [0.25, 0.3) is 0 Å². The Kier molecular flexibility index (Phi) is 5.23. The second-order valence-electron chi connectivity index (χ2n) is 5.40. The lowest BCUT2D eigenvalue weighted by Crippen LogP contribution is -2.31. The molecule has 1 N–H and O–H groups in total. The molecule has 1 amide bonds. The van der Waals surface area contributed by atoms with Gasteiger partial charge in [-0.05, 0) is 30.3 Å². The van der Waals surface area contributed by atoms with Crippen LogP contribution in [0, 0.1) is 0 Å². The minimum atomic E-state index is -0.101. The summed E-state index contributed by atoms with van der Waals surface area (Å²) >= 11 is 1.58. The minimum absolute atomic E-state index is 0.101. The van der Waals surface area contributed by atoms with Crippen molar-refractivity contribution in [3.05, 3.63) is 65.7 Å². The first kappa shape index (κ1) is 16.2. The van der Waals surface area contributed by atoms with Gasteiger partial charge in [0, 0.05) is 31.9 Å². The average Bonchev–Trinajstić information content (AvgIpc) is 3.03. The molecule has 0 bridgehead atoms. The predicted octanol–water partition coefficient (Wildman–Crippen LogP) is 3.56. The van der Waals surface area contributed by atoms with E-state index in [0.29, 0.717) is 6.54 Å². The highest BCUT2D eigenvalue weighted by Gasteiger charge is 2.02. The van der Waals surface area contributed by atoms with E-state index in [-0.39, 0.29) is 5.91 Å². The van der Waals surface area contributed by atoms with Gasteiger partial charge in [-0.15, -0.1) is 11.3 Å². The number of thiazole rings is 1. The van der Waals surface area contributed by atoms with E-state index < -0.39 is 0 Å². The predicted molar refractivity (Wildman–Crippen MR) is 101 cm³/mol. The number of benzene rings is 2. The summed E-state index contributed by atoms with van der Waals surface area (Å²) in [4.78, 5) is 18.5. The largest absolute Gasteiger partial charge is 0.373 e. The number of carbonyl (C=O) groups excluding carboxylic acids is 1. The highest BCUT2D eigenvalue weighted by atomic mass is 32.1. The fourth-order valence-electron chi connectivity index (χ4n) is 2.33. The molecule has 4 nitrogen and oxygen atoms in total. The Labute approximate surface area is 145 Å². The second-order valence-corrected chi connectivity index (χ2v) is 6.46. The van der Waals surface area contributed by atoms with Crippen LogP contribution in [0.15, 0.2) is 60.7 Å². The Morgan fingerprint density at radius 3 is 2.71 bits per heavy atom. The van der Waals surface area contributed by atoms with Crippen LogP contribution in [0.25, 0.3) is 16.3 Å². The standard InChI is InChI=1S/C19H19N3OS/c1-22(15-7-3-2-4-8-15)14-13-20-18(23)11-12-19-21-16-9-5-6-10-17(16)24-19/h2-12H,13-14H2,1H3,(H,20,23)/b12-11+. The first-order chi connectivity index (χ1) is 11.7. The zero-order valence-electron chi connectivity index (χ0n) is 13.5. The van der Waals surface area contributed by atoms with Crippen LogP contribution in [0.1, 0.15) is 5.01 Å². The van der Waals surface area contributed by atoms with Gasteiger partial charge in [0.2, 0.25) is 5.91 Å². The van der Waals surface area contributed by atoms with Gasteiger partial charge in [-0.3, -0.25) is 4.79 Å². The third kappa shape index (κ3) is 4.20. The maximum absolute atomic E-state index is 11.9.